The van der Waals surface area contributed by atoms with Gasteiger partial charge in [-0.3, -0.25) is 19.2 Å². The van der Waals surface area contributed by atoms with Crippen molar-refractivity contribution in [3.8, 4) is 0 Å². The number of nitrogens with zero attached hydrogens (tertiary/aromatic N) is 5. The van der Waals surface area contributed by atoms with Gasteiger partial charge in [-0.2, -0.15) is 5.10 Å². The lowest BCUT2D eigenvalue weighted by molar-refractivity contribution is -0.139. The van der Waals surface area contributed by atoms with Gasteiger partial charge in [-0.05, 0) is 0 Å². The van der Waals surface area contributed by atoms with Crippen molar-refractivity contribution in [2.75, 3.05) is 12.4 Å². The Labute approximate surface area is 114 Å². The van der Waals surface area contributed by atoms with Gasteiger partial charge in [0.25, 0.3) is 0 Å². The number of imide groups is 1. The number of aromatic nitrogens is 4. The number of fused-ring (bicyclic) bond motifs is 1. The minimum Gasteiger partial charge on any atom is -0.372 e. The molecule has 20 heavy (non-hydrogen) atoms. The second-order valence-electron chi connectivity index (χ2n) is 4.62. The maximum absolute atomic E-state index is 11.6. The van der Waals surface area contributed by atoms with Gasteiger partial charge >= 0.3 is 0 Å². The highest BCUT2D eigenvalue weighted by Gasteiger charge is 2.29. The molecule has 0 radical (unpaired) electrons. The number of rotatable bonds is 3. The Kier molecular flexibility index (Phi) is 2.85. The molecule has 0 aromatic carbocycles. The zero-order chi connectivity index (χ0) is 14.3. The predicted octanol–water partition coefficient (Wildman–Crippen LogP) is 0.0540. The molecule has 1 fully saturated rings. The number of carbonyl (C=O) groups excluding carboxylic acids is 2. The number of anilines is 1. The van der Waals surface area contributed by atoms with Gasteiger partial charge in [-0.1, -0.05) is 0 Å². The van der Waals surface area contributed by atoms with E-state index in [-0.39, 0.29) is 31.2 Å². The summed E-state index contributed by atoms with van der Waals surface area (Å²) >= 11 is 0. The van der Waals surface area contributed by atoms with E-state index in [1.54, 1.807) is 25.0 Å². The van der Waals surface area contributed by atoms with Gasteiger partial charge in [-0.15, -0.1) is 0 Å². The summed E-state index contributed by atoms with van der Waals surface area (Å²) in [5.41, 5.74) is 0.665. The zero-order valence-electron chi connectivity index (χ0n) is 11.3. The molecule has 0 spiro atoms. The molecule has 104 valence electrons. The Morgan fingerprint density at radius 3 is 2.60 bits per heavy atom. The van der Waals surface area contributed by atoms with Crippen molar-refractivity contribution in [2.24, 2.45) is 7.05 Å². The fourth-order valence-corrected chi connectivity index (χ4v) is 2.27. The monoisotopic (exact) mass is 274 g/mol. The van der Waals surface area contributed by atoms with Crippen LogP contribution in [0.1, 0.15) is 18.7 Å². The number of aryl methyl sites for hydroxylation is 1. The third-order valence-corrected chi connectivity index (χ3v) is 3.33. The summed E-state index contributed by atoms with van der Waals surface area (Å²) in [6.45, 7) is 0.105. The van der Waals surface area contributed by atoms with Crippen molar-refractivity contribution in [1.29, 1.82) is 0 Å². The van der Waals surface area contributed by atoms with Crippen LogP contribution in [0.25, 0.3) is 11.0 Å². The lowest BCUT2D eigenvalue weighted by Crippen LogP contribution is -2.29. The summed E-state index contributed by atoms with van der Waals surface area (Å²) in [4.78, 5) is 33.2. The zero-order valence-corrected chi connectivity index (χ0v) is 11.3. The minimum atomic E-state index is -0.172. The fourth-order valence-electron chi connectivity index (χ4n) is 2.27. The molecule has 3 heterocycles. The van der Waals surface area contributed by atoms with Gasteiger partial charge in [0, 0.05) is 26.9 Å². The topological polar surface area (TPSA) is 93.0 Å². The first-order chi connectivity index (χ1) is 9.60. The molecule has 0 bridgehead atoms. The van der Waals surface area contributed by atoms with Crippen LogP contribution in [-0.4, -0.2) is 43.5 Å². The van der Waals surface area contributed by atoms with E-state index in [9.17, 15) is 9.59 Å². The van der Waals surface area contributed by atoms with Crippen LogP contribution in [0.15, 0.2) is 6.20 Å². The first-order valence-corrected chi connectivity index (χ1v) is 6.29. The molecule has 0 aliphatic carbocycles. The van der Waals surface area contributed by atoms with Crippen LogP contribution in [0.5, 0.6) is 0 Å². The molecule has 8 nitrogen and oxygen atoms in total. The second kappa shape index (κ2) is 4.55. The molecule has 2 aromatic heterocycles. The average molecular weight is 274 g/mol. The molecule has 0 unspecified atom stereocenters. The molecule has 2 amide bonds. The van der Waals surface area contributed by atoms with Crippen LogP contribution in [0.2, 0.25) is 0 Å². The van der Waals surface area contributed by atoms with Crippen LogP contribution in [0.4, 0.5) is 5.82 Å². The first kappa shape index (κ1) is 12.5. The third kappa shape index (κ3) is 1.89. The van der Waals surface area contributed by atoms with Crippen molar-refractivity contribution in [2.45, 2.75) is 19.4 Å². The molecule has 1 aliphatic heterocycles. The molecule has 1 saturated heterocycles. The summed E-state index contributed by atoms with van der Waals surface area (Å²) in [5, 5.41) is 7.92. The van der Waals surface area contributed by atoms with E-state index < -0.39 is 0 Å². The van der Waals surface area contributed by atoms with Gasteiger partial charge in [0.1, 0.15) is 5.82 Å². The van der Waals surface area contributed by atoms with Gasteiger partial charge in [0.05, 0.1) is 18.1 Å². The standard InChI is InChI=1S/C12H14N6O2/c1-13-11-7-5-14-17(2)12(7)16-8(15-11)6-18-9(19)3-4-10(18)20/h5H,3-4,6H2,1-2H3,(H,13,15,16). The maximum Gasteiger partial charge on any atom is 0.230 e. The summed E-state index contributed by atoms with van der Waals surface area (Å²) in [5.74, 6) is 0.718. The molecule has 8 heteroatoms. The number of nitrogens with one attached hydrogen (secondary N) is 1. The van der Waals surface area contributed by atoms with E-state index in [1.807, 2.05) is 0 Å². The predicted molar refractivity (Wildman–Crippen MR) is 70.6 cm³/mol. The molecule has 1 aliphatic rings. The van der Waals surface area contributed by atoms with E-state index >= 15 is 0 Å². The lowest BCUT2D eigenvalue weighted by atomic mass is 10.3. The highest BCUT2D eigenvalue weighted by Crippen LogP contribution is 2.21. The van der Waals surface area contributed by atoms with Gasteiger partial charge in [0.15, 0.2) is 11.5 Å². The van der Waals surface area contributed by atoms with E-state index in [1.165, 1.54) is 4.90 Å². The lowest BCUT2D eigenvalue weighted by Gasteiger charge is -2.13. The quantitative estimate of drug-likeness (QED) is 0.795. The van der Waals surface area contributed by atoms with Crippen molar-refractivity contribution in [3.63, 3.8) is 0 Å². The number of hydrogen-bond donors (Lipinski definition) is 1. The Balaban J connectivity index is 2.01. The minimum absolute atomic E-state index is 0.105. The summed E-state index contributed by atoms with van der Waals surface area (Å²) < 4.78 is 1.63. The normalized spacial score (nSPS) is 15.4. The number of amides is 2. The molecule has 0 saturated carbocycles. The highest BCUT2D eigenvalue weighted by molar-refractivity contribution is 6.01. The first-order valence-electron chi connectivity index (χ1n) is 6.29. The van der Waals surface area contributed by atoms with Crippen LogP contribution < -0.4 is 5.32 Å². The van der Waals surface area contributed by atoms with Crippen molar-refractivity contribution in [1.82, 2.24) is 24.6 Å². The average Bonchev–Trinajstić information content (AvgIpc) is 2.96. The molecule has 2 aromatic rings. The van der Waals surface area contributed by atoms with Crippen LogP contribution in [0.3, 0.4) is 0 Å². The van der Waals surface area contributed by atoms with E-state index in [0.717, 1.165) is 5.39 Å². The molecule has 1 N–H and O–H groups in total. The smallest absolute Gasteiger partial charge is 0.230 e. The highest BCUT2D eigenvalue weighted by atomic mass is 16.2. The largest absolute Gasteiger partial charge is 0.372 e. The van der Waals surface area contributed by atoms with Gasteiger partial charge in [-0.25, -0.2) is 9.97 Å². The Bertz CT molecular complexity index is 691. The van der Waals surface area contributed by atoms with Gasteiger partial charge < -0.3 is 5.32 Å². The SMILES string of the molecule is CNc1nc(CN2C(=O)CCC2=O)nc2c1cnn2C. The fraction of sp³-hybridized carbons (Fsp3) is 0.417. The van der Waals surface area contributed by atoms with E-state index in [2.05, 4.69) is 20.4 Å². The number of hydrogen-bond acceptors (Lipinski definition) is 6. The number of carbonyl (C=O) groups is 2. The Hall–Kier alpha value is -2.51. The second-order valence-corrected chi connectivity index (χ2v) is 4.62. The van der Waals surface area contributed by atoms with Crippen LogP contribution in [-0.2, 0) is 23.2 Å². The molecular weight excluding hydrogens is 260 g/mol. The summed E-state index contributed by atoms with van der Waals surface area (Å²) in [6, 6.07) is 0. The molecule has 3 rings (SSSR count). The van der Waals surface area contributed by atoms with E-state index in [0.29, 0.717) is 17.3 Å². The Morgan fingerprint density at radius 1 is 1.25 bits per heavy atom. The third-order valence-electron chi connectivity index (χ3n) is 3.33. The Morgan fingerprint density at radius 2 is 1.95 bits per heavy atom. The van der Waals surface area contributed by atoms with Crippen molar-refractivity contribution < 1.29 is 9.59 Å². The number of likely N-dealkylation sites (tertiary alicyclic amines) is 1. The van der Waals surface area contributed by atoms with Crippen molar-refractivity contribution in [3.05, 3.63) is 12.0 Å². The van der Waals surface area contributed by atoms with Crippen LogP contribution in [0, 0.1) is 0 Å². The van der Waals surface area contributed by atoms with Crippen LogP contribution >= 0.6 is 0 Å². The molecular formula is C12H14N6O2. The van der Waals surface area contributed by atoms with Gasteiger partial charge in [0.2, 0.25) is 11.8 Å². The summed E-state index contributed by atoms with van der Waals surface area (Å²) in [7, 11) is 3.54. The maximum atomic E-state index is 11.6. The van der Waals surface area contributed by atoms with Crippen molar-refractivity contribution >= 4 is 28.7 Å². The van der Waals surface area contributed by atoms with E-state index in [4.69, 9.17) is 0 Å². The summed E-state index contributed by atoms with van der Waals surface area (Å²) in [6.07, 6.45) is 2.22. The molecule has 0 atom stereocenters.